The number of benzene rings is 2. The topological polar surface area (TPSA) is 166 Å². The van der Waals surface area contributed by atoms with Crippen LogP contribution in [0.2, 0.25) is 0 Å². The Morgan fingerprint density at radius 1 is 0.970 bits per heavy atom. The predicted octanol–water partition coefficient (Wildman–Crippen LogP) is 1.71. The Balaban J connectivity index is 1.71. The van der Waals surface area contributed by atoms with Gasteiger partial charge < -0.3 is 14.2 Å². The van der Waals surface area contributed by atoms with Crippen molar-refractivity contribution in [3.63, 3.8) is 0 Å². The lowest BCUT2D eigenvalue weighted by molar-refractivity contribution is -0.193. The SMILES string of the molecule is [N-]=[N+]=N[C@H]1O[C@@H]2COS(=O)(=O)N[C@H]1[C@@H](OC(=O)c1ccccc1)[C@@H]2OC(=O)c1ccccc1. The summed E-state index contributed by atoms with van der Waals surface area (Å²) in [6, 6.07) is 14.6. The molecule has 2 aromatic rings. The van der Waals surface area contributed by atoms with E-state index in [1.54, 1.807) is 36.4 Å². The average molecular weight is 474 g/mol. The van der Waals surface area contributed by atoms with Gasteiger partial charge in [0, 0.05) is 4.91 Å². The Kier molecular flexibility index (Phi) is 6.58. The lowest BCUT2D eigenvalue weighted by Gasteiger charge is -2.45. The van der Waals surface area contributed by atoms with Gasteiger partial charge in [-0.15, -0.1) is 0 Å². The van der Waals surface area contributed by atoms with E-state index in [9.17, 15) is 18.0 Å². The van der Waals surface area contributed by atoms with Crippen molar-refractivity contribution in [3.8, 4) is 0 Å². The van der Waals surface area contributed by atoms with Crippen molar-refractivity contribution >= 4 is 22.2 Å². The third-order valence-electron chi connectivity index (χ3n) is 5.00. The first kappa shape index (κ1) is 22.7. The van der Waals surface area contributed by atoms with Gasteiger partial charge >= 0.3 is 22.2 Å². The Bertz CT molecular complexity index is 1170. The standard InChI is InChI=1S/C20H18N4O8S/c21-24-22-18-15-17(32-20(26)13-9-5-2-6-10-13)16(14(30-18)11-29-33(27,28)23-15)31-19(25)12-7-3-1-4-8-12/h1-10,14-18,23H,11H2/t14-,15+,16-,17-,18+/m1/s1. The van der Waals surface area contributed by atoms with Crippen LogP contribution in [0.1, 0.15) is 20.7 Å². The van der Waals surface area contributed by atoms with Crippen molar-refractivity contribution in [1.29, 1.82) is 0 Å². The van der Waals surface area contributed by atoms with Crippen molar-refractivity contribution in [2.24, 2.45) is 5.11 Å². The van der Waals surface area contributed by atoms with Gasteiger partial charge in [0.05, 0.1) is 23.8 Å². The van der Waals surface area contributed by atoms with Crippen LogP contribution in [0, 0.1) is 0 Å². The van der Waals surface area contributed by atoms with Crippen LogP contribution < -0.4 is 4.72 Å². The molecule has 172 valence electrons. The minimum Gasteiger partial charge on any atom is -0.453 e. The van der Waals surface area contributed by atoms with E-state index in [2.05, 4.69) is 14.7 Å². The molecule has 12 nitrogen and oxygen atoms in total. The van der Waals surface area contributed by atoms with Crippen molar-refractivity contribution in [2.45, 2.75) is 30.6 Å². The highest BCUT2D eigenvalue weighted by Gasteiger charge is 2.53. The minimum atomic E-state index is -4.31. The van der Waals surface area contributed by atoms with E-state index in [0.29, 0.717) is 0 Å². The van der Waals surface area contributed by atoms with E-state index in [4.69, 9.17) is 23.9 Å². The van der Waals surface area contributed by atoms with E-state index in [0.717, 1.165) is 0 Å². The van der Waals surface area contributed by atoms with Gasteiger partial charge in [-0.2, -0.15) is 13.1 Å². The average Bonchev–Trinajstić information content (AvgIpc) is 2.81. The number of azide groups is 1. The molecule has 0 radical (unpaired) electrons. The van der Waals surface area contributed by atoms with Crippen molar-refractivity contribution in [2.75, 3.05) is 6.61 Å². The van der Waals surface area contributed by atoms with Gasteiger partial charge in [0.15, 0.2) is 18.4 Å². The number of nitrogens with zero attached hydrogens (tertiary/aromatic N) is 3. The zero-order valence-corrected chi connectivity index (χ0v) is 17.7. The number of hydrogen-bond acceptors (Lipinski definition) is 9. The maximum absolute atomic E-state index is 12.8. The van der Waals surface area contributed by atoms with Crippen LogP contribution in [0.5, 0.6) is 0 Å². The molecule has 2 saturated heterocycles. The Morgan fingerprint density at radius 2 is 1.52 bits per heavy atom. The maximum atomic E-state index is 12.8. The molecule has 2 fully saturated rings. The highest BCUT2D eigenvalue weighted by atomic mass is 32.2. The summed E-state index contributed by atoms with van der Waals surface area (Å²) >= 11 is 0. The lowest BCUT2D eigenvalue weighted by Crippen LogP contribution is -2.67. The number of ether oxygens (including phenoxy) is 3. The smallest absolute Gasteiger partial charge is 0.338 e. The molecule has 1 N–H and O–H groups in total. The maximum Gasteiger partial charge on any atom is 0.338 e. The molecular weight excluding hydrogens is 456 g/mol. The van der Waals surface area contributed by atoms with Crippen LogP contribution in [-0.2, 0) is 28.7 Å². The van der Waals surface area contributed by atoms with Crippen LogP contribution in [0.4, 0.5) is 0 Å². The normalized spacial score (nSPS) is 27.9. The fourth-order valence-corrected chi connectivity index (χ4v) is 4.47. The Hall–Kier alpha value is -3.48. The Morgan fingerprint density at radius 3 is 2.06 bits per heavy atom. The van der Waals surface area contributed by atoms with E-state index in [-0.39, 0.29) is 11.1 Å². The van der Waals surface area contributed by atoms with Gasteiger partial charge in [0.2, 0.25) is 0 Å². The quantitative estimate of drug-likeness (QED) is 0.296. The van der Waals surface area contributed by atoms with Crippen molar-refractivity contribution in [1.82, 2.24) is 4.72 Å². The molecule has 0 amide bonds. The summed E-state index contributed by atoms with van der Waals surface area (Å²) in [5, 5.41) is 3.48. The summed E-state index contributed by atoms with van der Waals surface area (Å²) in [5.74, 6) is -1.55. The molecule has 0 spiro atoms. The number of esters is 2. The van der Waals surface area contributed by atoms with Crippen LogP contribution in [0.25, 0.3) is 10.4 Å². The van der Waals surface area contributed by atoms with E-state index in [1.165, 1.54) is 24.3 Å². The molecule has 2 bridgehead atoms. The highest BCUT2D eigenvalue weighted by molar-refractivity contribution is 7.84. The first-order chi connectivity index (χ1) is 15.9. The number of carbonyl (C=O) groups excluding carboxylic acids is 2. The number of carbonyl (C=O) groups is 2. The number of rotatable bonds is 5. The molecule has 2 aliphatic rings. The molecule has 0 saturated carbocycles. The van der Waals surface area contributed by atoms with Gasteiger partial charge in [-0.3, -0.25) is 4.18 Å². The van der Waals surface area contributed by atoms with E-state index in [1.807, 2.05) is 0 Å². The van der Waals surface area contributed by atoms with Gasteiger partial charge in [0.1, 0.15) is 6.10 Å². The number of hydrogen-bond donors (Lipinski definition) is 1. The van der Waals surface area contributed by atoms with Gasteiger partial charge in [-0.25, -0.2) is 9.59 Å². The van der Waals surface area contributed by atoms with Gasteiger partial charge in [-0.1, -0.05) is 41.5 Å². The summed E-state index contributed by atoms with van der Waals surface area (Å²) in [6.07, 6.45) is -5.27. The molecule has 2 aliphatic heterocycles. The molecule has 2 heterocycles. The fourth-order valence-electron chi connectivity index (χ4n) is 3.50. The second-order valence-corrected chi connectivity index (χ2v) is 8.50. The predicted molar refractivity (Wildman–Crippen MR) is 111 cm³/mol. The summed E-state index contributed by atoms with van der Waals surface area (Å²) in [6.45, 7) is -0.578. The first-order valence-electron chi connectivity index (χ1n) is 9.76. The third kappa shape index (κ3) is 5.13. The first-order valence-corrected chi connectivity index (χ1v) is 11.2. The summed E-state index contributed by atoms with van der Waals surface area (Å²) in [5.41, 5.74) is 9.33. The molecule has 33 heavy (non-hydrogen) atoms. The zero-order chi connectivity index (χ0) is 23.4. The molecule has 2 aromatic carbocycles. The second kappa shape index (κ2) is 9.57. The lowest BCUT2D eigenvalue weighted by atomic mass is 9.96. The van der Waals surface area contributed by atoms with Crippen molar-refractivity contribution in [3.05, 3.63) is 82.2 Å². The van der Waals surface area contributed by atoms with Crippen LogP contribution in [-0.4, -0.2) is 57.5 Å². The number of fused-ring (bicyclic) bond motifs is 3. The minimum absolute atomic E-state index is 0.184. The Labute approximate surface area is 188 Å². The second-order valence-electron chi connectivity index (χ2n) is 7.12. The zero-order valence-electron chi connectivity index (χ0n) is 16.9. The summed E-state index contributed by atoms with van der Waals surface area (Å²) in [7, 11) is -4.31. The van der Waals surface area contributed by atoms with Gasteiger partial charge in [0.25, 0.3) is 0 Å². The molecule has 0 aromatic heterocycles. The largest absolute Gasteiger partial charge is 0.453 e. The number of nitrogens with one attached hydrogen (secondary N) is 1. The van der Waals surface area contributed by atoms with E-state index < -0.39 is 59.4 Å². The summed E-state index contributed by atoms with van der Waals surface area (Å²) in [4.78, 5) is 28.2. The summed E-state index contributed by atoms with van der Waals surface area (Å²) < 4.78 is 48.4. The highest BCUT2D eigenvalue weighted by Crippen LogP contribution is 2.31. The van der Waals surface area contributed by atoms with Crippen LogP contribution in [0.3, 0.4) is 0 Å². The van der Waals surface area contributed by atoms with Crippen molar-refractivity contribution < 1.29 is 36.4 Å². The van der Waals surface area contributed by atoms with Gasteiger partial charge in [-0.05, 0) is 29.8 Å². The molecule has 0 unspecified atom stereocenters. The molecule has 4 rings (SSSR count). The molecule has 13 heteroatoms. The van der Waals surface area contributed by atoms with Crippen LogP contribution in [0.15, 0.2) is 65.8 Å². The molecular formula is C20H18N4O8S. The van der Waals surface area contributed by atoms with Crippen LogP contribution >= 0.6 is 0 Å². The van der Waals surface area contributed by atoms with E-state index >= 15 is 0 Å². The molecule has 0 aliphatic carbocycles. The third-order valence-corrected chi connectivity index (χ3v) is 6.01. The fraction of sp³-hybridized carbons (Fsp3) is 0.300. The monoisotopic (exact) mass is 474 g/mol. The molecule has 5 atom stereocenters.